The molecule has 11 heteroatoms. The number of allylic oxidation sites excluding steroid dienone is 4. The first kappa shape index (κ1) is 49.5. The van der Waals surface area contributed by atoms with Crippen LogP contribution in [-0.2, 0) is 32.7 Å². The van der Waals surface area contributed by atoms with Crippen molar-refractivity contribution < 1.29 is 47.8 Å². The van der Waals surface area contributed by atoms with Crippen molar-refractivity contribution in [1.29, 1.82) is 0 Å². The highest BCUT2D eigenvalue weighted by Gasteiger charge is 2.27. The number of ether oxygens (including phenoxy) is 2. The highest BCUT2D eigenvalue weighted by Crippen LogP contribution is 2.43. The van der Waals surface area contributed by atoms with Gasteiger partial charge in [0.15, 0.2) is 6.10 Å². The Balaban J connectivity index is 4.34. The zero-order valence-corrected chi connectivity index (χ0v) is 33.2. The molecule has 0 aromatic carbocycles. The van der Waals surface area contributed by atoms with Crippen molar-refractivity contribution in [3.63, 3.8) is 0 Å². The molecule has 0 bridgehead atoms. The van der Waals surface area contributed by atoms with E-state index in [1.807, 2.05) is 0 Å². The van der Waals surface area contributed by atoms with Gasteiger partial charge in [-0.2, -0.15) is 0 Å². The summed E-state index contributed by atoms with van der Waals surface area (Å²) in [5.74, 6) is -0.937. The quantitative estimate of drug-likeness (QED) is 0.0241. The Bertz CT molecular complexity index is 910. The van der Waals surface area contributed by atoms with Crippen molar-refractivity contribution in [3.05, 3.63) is 24.3 Å². The first-order valence-electron chi connectivity index (χ1n) is 20.3. The highest BCUT2D eigenvalue weighted by atomic mass is 31.2. The van der Waals surface area contributed by atoms with Crippen LogP contribution in [0.15, 0.2) is 24.3 Å². The Labute approximate surface area is 310 Å². The Morgan fingerprint density at radius 3 is 1.55 bits per heavy atom. The van der Waals surface area contributed by atoms with Crippen molar-refractivity contribution in [2.75, 3.05) is 26.4 Å². The van der Waals surface area contributed by atoms with Gasteiger partial charge in [-0.05, 0) is 44.9 Å². The molecular formula is C40H75O10P. The van der Waals surface area contributed by atoms with Gasteiger partial charge >= 0.3 is 19.8 Å². The van der Waals surface area contributed by atoms with Crippen LogP contribution in [0.4, 0.5) is 0 Å². The van der Waals surface area contributed by atoms with Gasteiger partial charge in [-0.3, -0.25) is 18.6 Å². The van der Waals surface area contributed by atoms with E-state index in [1.165, 1.54) is 83.5 Å². The van der Waals surface area contributed by atoms with E-state index >= 15 is 0 Å². The van der Waals surface area contributed by atoms with Gasteiger partial charge in [-0.1, -0.05) is 147 Å². The van der Waals surface area contributed by atoms with E-state index in [4.69, 9.17) is 19.1 Å². The maximum Gasteiger partial charge on any atom is 0.472 e. The number of hydrogen-bond donors (Lipinski definition) is 3. The average molecular weight is 747 g/mol. The van der Waals surface area contributed by atoms with E-state index in [-0.39, 0.29) is 19.4 Å². The number of rotatable bonds is 38. The Morgan fingerprint density at radius 2 is 1.02 bits per heavy atom. The van der Waals surface area contributed by atoms with Crippen molar-refractivity contribution >= 4 is 19.8 Å². The monoisotopic (exact) mass is 747 g/mol. The summed E-state index contributed by atoms with van der Waals surface area (Å²) in [4.78, 5) is 34.9. The molecule has 300 valence electrons. The molecule has 0 saturated carbocycles. The van der Waals surface area contributed by atoms with Gasteiger partial charge in [0.05, 0.1) is 19.8 Å². The van der Waals surface area contributed by atoms with E-state index in [9.17, 15) is 24.2 Å². The van der Waals surface area contributed by atoms with Gasteiger partial charge in [0, 0.05) is 12.8 Å². The Hall–Kier alpha value is -1.55. The zero-order chi connectivity index (χ0) is 37.7. The maximum atomic E-state index is 12.6. The molecule has 0 saturated heterocycles. The second kappa shape index (κ2) is 36.8. The standard InChI is InChI=1S/C40H75O10P/c1-3-5-7-9-11-13-15-17-18-20-21-23-25-27-29-31-39(43)47-35-38(36-49-51(45,46)48-34-37(42)33-41)50-40(44)32-30-28-26-24-22-19-16-14-12-10-8-6-4-2/h11,13,17-18,37-38,41-42H,3-10,12,14-16,19-36H2,1-2H3,(H,45,46)/b13-11+,18-17+/t37-,38+/m0/s1. The maximum absolute atomic E-state index is 12.6. The second-order valence-electron chi connectivity index (χ2n) is 13.7. The SMILES string of the molecule is CCCCC/C=C/C/C=C/CCCCCCCC(=O)OC[C@H](COP(=O)(O)OC[C@@H](O)CO)OC(=O)CCCCCCCCCCCCCCC. The number of carbonyl (C=O) groups is 2. The molecule has 3 atom stereocenters. The van der Waals surface area contributed by atoms with Crippen LogP contribution in [0.5, 0.6) is 0 Å². The van der Waals surface area contributed by atoms with Gasteiger partial charge in [0.2, 0.25) is 0 Å². The number of esters is 2. The minimum absolute atomic E-state index is 0.185. The lowest BCUT2D eigenvalue weighted by molar-refractivity contribution is -0.161. The second-order valence-corrected chi connectivity index (χ2v) is 15.1. The summed E-state index contributed by atoms with van der Waals surface area (Å²) in [7, 11) is -4.61. The highest BCUT2D eigenvalue weighted by molar-refractivity contribution is 7.47. The van der Waals surface area contributed by atoms with Crippen molar-refractivity contribution in [2.45, 2.75) is 193 Å². The van der Waals surface area contributed by atoms with E-state index in [1.54, 1.807) is 0 Å². The summed E-state index contributed by atoms with van der Waals surface area (Å²) in [6, 6.07) is 0. The molecule has 0 aliphatic heterocycles. The molecule has 0 radical (unpaired) electrons. The normalized spacial score (nSPS) is 14.2. The van der Waals surface area contributed by atoms with Gasteiger partial charge < -0.3 is 24.6 Å². The van der Waals surface area contributed by atoms with Crippen molar-refractivity contribution in [3.8, 4) is 0 Å². The smallest absolute Gasteiger partial charge is 0.462 e. The van der Waals surface area contributed by atoms with Crippen LogP contribution in [0.25, 0.3) is 0 Å². The molecule has 0 aliphatic rings. The molecule has 51 heavy (non-hydrogen) atoms. The molecule has 0 amide bonds. The van der Waals surface area contributed by atoms with E-state index < -0.39 is 51.8 Å². The fourth-order valence-electron chi connectivity index (χ4n) is 5.43. The summed E-state index contributed by atoms with van der Waals surface area (Å²) in [6.45, 7) is 2.34. The molecule has 0 rings (SSSR count). The Kier molecular flexibility index (Phi) is 35.7. The Morgan fingerprint density at radius 1 is 0.588 bits per heavy atom. The number of phosphoric acid groups is 1. The lowest BCUT2D eigenvalue weighted by Crippen LogP contribution is -2.29. The number of aliphatic hydroxyl groups excluding tert-OH is 2. The molecule has 0 aromatic heterocycles. The predicted molar refractivity (Wildman–Crippen MR) is 205 cm³/mol. The molecule has 3 N–H and O–H groups in total. The minimum Gasteiger partial charge on any atom is -0.462 e. The molecule has 0 aliphatic carbocycles. The number of hydrogen-bond acceptors (Lipinski definition) is 9. The first-order chi connectivity index (χ1) is 24.7. The van der Waals surface area contributed by atoms with Gasteiger partial charge in [0.1, 0.15) is 12.7 Å². The zero-order valence-electron chi connectivity index (χ0n) is 32.3. The molecular weight excluding hydrogens is 671 g/mol. The lowest BCUT2D eigenvalue weighted by Gasteiger charge is -2.20. The van der Waals surface area contributed by atoms with Crippen LogP contribution in [0, 0.1) is 0 Å². The minimum atomic E-state index is -4.61. The molecule has 0 aromatic rings. The van der Waals surface area contributed by atoms with Crippen LogP contribution >= 0.6 is 7.82 Å². The largest absolute Gasteiger partial charge is 0.472 e. The fraction of sp³-hybridized carbons (Fsp3) is 0.850. The topological polar surface area (TPSA) is 149 Å². The summed E-state index contributed by atoms with van der Waals surface area (Å²) in [6.07, 6.45) is 34.2. The van der Waals surface area contributed by atoms with Gasteiger partial charge in [0.25, 0.3) is 0 Å². The third kappa shape index (κ3) is 36.6. The number of aliphatic hydroxyl groups is 2. The predicted octanol–water partition coefficient (Wildman–Crippen LogP) is 10.2. The van der Waals surface area contributed by atoms with Crippen LogP contribution < -0.4 is 0 Å². The summed E-state index contributed by atoms with van der Waals surface area (Å²) < 4.78 is 32.6. The van der Waals surface area contributed by atoms with Crippen LogP contribution in [0.1, 0.15) is 181 Å². The summed E-state index contributed by atoms with van der Waals surface area (Å²) in [5, 5.41) is 18.3. The van der Waals surface area contributed by atoms with E-state index in [0.717, 1.165) is 57.8 Å². The third-order valence-corrected chi connectivity index (χ3v) is 9.56. The summed E-state index contributed by atoms with van der Waals surface area (Å²) >= 11 is 0. The number of carbonyl (C=O) groups excluding carboxylic acids is 2. The number of phosphoric ester groups is 1. The fourth-order valence-corrected chi connectivity index (χ4v) is 6.22. The van der Waals surface area contributed by atoms with Gasteiger partial charge in [-0.15, -0.1) is 0 Å². The van der Waals surface area contributed by atoms with E-state index in [2.05, 4.69) is 42.7 Å². The first-order valence-corrected chi connectivity index (χ1v) is 21.8. The van der Waals surface area contributed by atoms with Crippen LogP contribution in [0.2, 0.25) is 0 Å². The molecule has 0 fully saturated rings. The third-order valence-electron chi connectivity index (χ3n) is 8.61. The molecule has 0 heterocycles. The van der Waals surface area contributed by atoms with E-state index in [0.29, 0.717) is 12.8 Å². The van der Waals surface area contributed by atoms with Gasteiger partial charge in [-0.25, -0.2) is 4.57 Å². The van der Waals surface area contributed by atoms with Crippen molar-refractivity contribution in [2.24, 2.45) is 0 Å². The van der Waals surface area contributed by atoms with Crippen LogP contribution in [-0.4, -0.2) is 65.7 Å². The average Bonchev–Trinajstić information content (AvgIpc) is 3.12. The molecule has 10 nitrogen and oxygen atoms in total. The van der Waals surface area contributed by atoms with Crippen molar-refractivity contribution in [1.82, 2.24) is 0 Å². The lowest BCUT2D eigenvalue weighted by atomic mass is 10.0. The summed E-state index contributed by atoms with van der Waals surface area (Å²) in [5.41, 5.74) is 0. The number of unbranched alkanes of at least 4 members (excludes halogenated alkanes) is 20. The molecule has 0 spiro atoms. The molecule has 1 unspecified atom stereocenters. The van der Waals surface area contributed by atoms with Crippen LogP contribution in [0.3, 0.4) is 0 Å².